The van der Waals surface area contributed by atoms with Crippen molar-refractivity contribution in [2.45, 2.75) is 0 Å². The van der Waals surface area contributed by atoms with Crippen LogP contribution in [0.25, 0.3) is 0 Å². The van der Waals surface area contributed by atoms with Gasteiger partial charge in [0.2, 0.25) is 0 Å². The number of hydrogen-bond donors (Lipinski definition) is 2. The summed E-state index contributed by atoms with van der Waals surface area (Å²) in [7, 11) is -3.13. The number of hydrogen-bond acceptors (Lipinski definition) is 1. The Labute approximate surface area is 61.0 Å². The van der Waals surface area contributed by atoms with Crippen LogP contribution < -0.4 is 0 Å². The maximum absolute atomic E-state index is 8.74. The van der Waals surface area contributed by atoms with E-state index in [-0.39, 0.29) is 37.7 Å². The van der Waals surface area contributed by atoms with Gasteiger partial charge in [-0.05, 0) is 0 Å². The van der Waals surface area contributed by atoms with Gasteiger partial charge in [-0.3, -0.25) is 4.46 Å². The Morgan fingerprint density at radius 3 is 1.17 bits per heavy atom. The summed E-state index contributed by atoms with van der Waals surface area (Å²) in [5.41, 5.74) is 0. The standard InChI is InChI=1S/2Li.H2O3Si/c;;1-4(2)3/h;;1-2H. The molecule has 0 aliphatic carbocycles. The predicted octanol–water partition coefficient (Wildman–Crippen LogP) is -2.38. The quantitative estimate of drug-likeness (QED) is 0.328. The SMILES string of the molecule is O=[Si](O)O.[Li].[Li]. The van der Waals surface area contributed by atoms with E-state index in [1.807, 2.05) is 0 Å². The molecule has 0 aliphatic heterocycles. The van der Waals surface area contributed by atoms with Crippen LogP contribution >= 0.6 is 0 Å². The Morgan fingerprint density at radius 1 is 1.17 bits per heavy atom. The number of rotatable bonds is 0. The van der Waals surface area contributed by atoms with E-state index >= 15 is 0 Å². The van der Waals surface area contributed by atoms with Crippen molar-refractivity contribution >= 4 is 46.9 Å². The molecule has 26 valence electrons. The normalized spacial score (nSPS) is 4.00. The molecule has 0 aromatic heterocycles. The minimum Gasteiger partial charge on any atom is -0.511 e. The van der Waals surface area contributed by atoms with Crippen molar-refractivity contribution in [3.63, 3.8) is 0 Å². The van der Waals surface area contributed by atoms with E-state index in [4.69, 9.17) is 14.1 Å². The van der Waals surface area contributed by atoms with Crippen molar-refractivity contribution in [2.24, 2.45) is 0 Å². The molecule has 0 amide bonds. The van der Waals surface area contributed by atoms with Crippen molar-refractivity contribution in [2.75, 3.05) is 0 Å². The Hall–Kier alpha value is 0.812. The van der Waals surface area contributed by atoms with Gasteiger partial charge in [-0.15, -0.1) is 0 Å². The fraction of sp³-hybridized carbons (Fsp3) is 0. The van der Waals surface area contributed by atoms with E-state index in [1.54, 1.807) is 0 Å². The minimum atomic E-state index is -3.13. The molecule has 0 rings (SSSR count). The Morgan fingerprint density at radius 2 is 1.17 bits per heavy atom. The molecule has 0 unspecified atom stereocenters. The van der Waals surface area contributed by atoms with Crippen LogP contribution in [0.4, 0.5) is 0 Å². The van der Waals surface area contributed by atoms with E-state index in [2.05, 4.69) is 0 Å². The van der Waals surface area contributed by atoms with Gasteiger partial charge in [0, 0.05) is 37.7 Å². The zero-order valence-electron chi connectivity index (χ0n) is 3.80. The zero-order valence-corrected chi connectivity index (χ0v) is 4.80. The summed E-state index contributed by atoms with van der Waals surface area (Å²) in [5.74, 6) is 0. The zero-order chi connectivity index (χ0) is 3.58. The molecular formula is H2Li2O3Si. The molecule has 0 aromatic rings. The first-order valence-corrected chi connectivity index (χ1v) is 1.95. The summed E-state index contributed by atoms with van der Waals surface area (Å²) < 4.78 is 8.74. The van der Waals surface area contributed by atoms with Gasteiger partial charge in [-0.25, -0.2) is 0 Å². The molecule has 0 aromatic carbocycles. The van der Waals surface area contributed by atoms with Crippen molar-refractivity contribution in [3.8, 4) is 0 Å². The van der Waals surface area contributed by atoms with Gasteiger partial charge < -0.3 is 9.59 Å². The van der Waals surface area contributed by atoms with Crippen LogP contribution in [0.5, 0.6) is 0 Å². The van der Waals surface area contributed by atoms with Crippen molar-refractivity contribution < 1.29 is 14.1 Å². The van der Waals surface area contributed by atoms with Gasteiger partial charge in [0.05, 0.1) is 0 Å². The molecule has 6 heteroatoms. The fourth-order valence-electron chi connectivity index (χ4n) is 0. The van der Waals surface area contributed by atoms with Gasteiger partial charge in [0.1, 0.15) is 0 Å². The Balaban J connectivity index is -0.0000000450. The van der Waals surface area contributed by atoms with Gasteiger partial charge >= 0.3 is 9.17 Å². The molecule has 2 radical (unpaired) electrons. The maximum atomic E-state index is 8.74. The molecule has 0 saturated carbocycles. The van der Waals surface area contributed by atoms with Gasteiger partial charge in [-0.2, -0.15) is 0 Å². The van der Waals surface area contributed by atoms with Crippen LogP contribution in [-0.2, 0) is 4.46 Å². The second kappa shape index (κ2) is 9.26. The van der Waals surface area contributed by atoms with Gasteiger partial charge in [-0.1, -0.05) is 0 Å². The summed E-state index contributed by atoms with van der Waals surface area (Å²) >= 11 is 0. The molecule has 6 heavy (non-hydrogen) atoms. The van der Waals surface area contributed by atoms with Crippen LogP contribution in [0.1, 0.15) is 0 Å². The van der Waals surface area contributed by atoms with E-state index in [0.717, 1.165) is 0 Å². The van der Waals surface area contributed by atoms with E-state index in [9.17, 15) is 0 Å². The van der Waals surface area contributed by atoms with Crippen LogP contribution in [0.2, 0.25) is 0 Å². The van der Waals surface area contributed by atoms with Crippen LogP contribution in [-0.4, -0.2) is 56.5 Å². The summed E-state index contributed by atoms with van der Waals surface area (Å²) in [6.07, 6.45) is 0. The van der Waals surface area contributed by atoms with Crippen molar-refractivity contribution in [1.82, 2.24) is 0 Å². The first-order chi connectivity index (χ1) is 1.73. The third-order valence-electron chi connectivity index (χ3n) is 0. The average Bonchev–Trinajstić information content (AvgIpc) is 0.811. The smallest absolute Gasteiger partial charge is 0.511 e. The van der Waals surface area contributed by atoms with Gasteiger partial charge in [0.25, 0.3) is 0 Å². The largest absolute Gasteiger partial charge is 0.761 e. The molecule has 0 atom stereocenters. The average molecular weight is 92.0 g/mol. The first-order valence-electron chi connectivity index (χ1n) is 0.651. The fourth-order valence-corrected chi connectivity index (χ4v) is 0. The maximum Gasteiger partial charge on any atom is 0.761 e. The van der Waals surface area contributed by atoms with E-state index in [0.29, 0.717) is 0 Å². The van der Waals surface area contributed by atoms with Gasteiger partial charge in [0.15, 0.2) is 0 Å². The molecule has 0 bridgehead atoms. The summed E-state index contributed by atoms with van der Waals surface area (Å²) in [6.45, 7) is 0. The molecule has 0 saturated heterocycles. The minimum absolute atomic E-state index is 0. The first kappa shape index (κ1) is 15.8. The molecule has 0 fully saturated rings. The summed E-state index contributed by atoms with van der Waals surface area (Å²) in [5, 5.41) is 0. The topological polar surface area (TPSA) is 57.5 Å². The van der Waals surface area contributed by atoms with Crippen molar-refractivity contribution in [1.29, 1.82) is 0 Å². The molecular weight excluding hydrogens is 90.0 g/mol. The van der Waals surface area contributed by atoms with Crippen LogP contribution in [0.15, 0.2) is 0 Å². The molecule has 0 aliphatic rings. The molecule has 0 spiro atoms. The third kappa shape index (κ3) is 106. The third-order valence-corrected chi connectivity index (χ3v) is 0. The van der Waals surface area contributed by atoms with Crippen LogP contribution in [0, 0.1) is 0 Å². The Kier molecular flexibility index (Phi) is 24.4. The van der Waals surface area contributed by atoms with E-state index < -0.39 is 9.17 Å². The second-order valence-electron chi connectivity index (χ2n) is 0.283. The summed E-state index contributed by atoms with van der Waals surface area (Å²) in [4.78, 5) is 14.3. The molecule has 3 nitrogen and oxygen atoms in total. The predicted molar refractivity (Wildman–Crippen MR) is 22.4 cm³/mol. The molecule has 2 N–H and O–H groups in total. The van der Waals surface area contributed by atoms with Crippen molar-refractivity contribution in [3.05, 3.63) is 0 Å². The summed E-state index contributed by atoms with van der Waals surface area (Å²) in [6, 6.07) is 0. The second-order valence-corrected chi connectivity index (χ2v) is 0.848. The van der Waals surface area contributed by atoms with E-state index in [1.165, 1.54) is 0 Å². The van der Waals surface area contributed by atoms with Crippen LogP contribution in [0.3, 0.4) is 0 Å². The molecule has 0 heterocycles. The monoisotopic (exact) mass is 92.0 g/mol. The Bertz CT molecular complexity index is 31.8.